The minimum absolute atomic E-state index is 0.0148. The molecule has 0 aliphatic rings. The second-order valence-electron chi connectivity index (χ2n) is 5.00. The molecule has 1 amide bonds. The zero-order valence-corrected chi connectivity index (χ0v) is 12.3. The van der Waals surface area contributed by atoms with Crippen molar-refractivity contribution in [1.82, 2.24) is 20.2 Å². The lowest BCUT2D eigenvalue weighted by molar-refractivity contribution is -0.121. The first kappa shape index (κ1) is 14.5. The standard InChI is InChI=1S/C15H22N4O/c1-4-16-11(2)9-17-15(20)10-19-12(3)18-13-7-5-6-8-14(13)19/h5-8,11,16H,4,9-10H2,1-3H3,(H,17,20)/t11-/m1/s1. The van der Waals surface area contributed by atoms with Gasteiger partial charge in [0.25, 0.3) is 0 Å². The summed E-state index contributed by atoms with van der Waals surface area (Å²) in [5, 5.41) is 6.21. The van der Waals surface area contributed by atoms with E-state index >= 15 is 0 Å². The predicted molar refractivity (Wildman–Crippen MR) is 80.6 cm³/mol. The second kappa shape index (κ2) is 6.52. The summed E-state index contributed by atoms with van der Waals surface area (Å²) in [6, 6.07) is 8.15. The van der Waals surface area contributed by atoms with Crippen LogP contribution in [0.25, 0.3) is 11.0 Å². The van der Waals surface area contributed by atoms with Gasteiger partial charge in [0.05, 0.1) is 11.0 Å². The van der Waals surface area contributed by atoms with Gasteiger partial charge in [-0.2, -0.15) is 0 Å². The third-order valence-corrected chi connectivity index (χ3v) is 3.31. The Kier molecular flexibility index (Phi) is 4.74. The first-order chi connectivity index (χ1) is 9.61. The van der Waals surface area contributed by atoms with E-state index in [1.54, 1.807) is 0 Å². The molecule has 0 fully saturated rings. The Morgan fingerprint density at radius 1 is 1.40 bits per heavy atom. The third kappa shape index (κ3) is 3.36. The fourth-order valence-electron chi connectivity index (χ4n) is 2.28. The quantitative estimate of drug-likeness (QED) is 0.838. The largest absolute Gasteiger partial charge is 0.353 e. The zero-order valence-electron chi connectivity index (χ0n) is 12.3. The maximum Gasteiger partial charge on any atom is 0.240 e. The Morgan fingerprint density at radius 3 is 2.90 bits per heavy atom. The molecule has 108 valence electrons. The van der Waals surface area contributed by atoms with Gasteiger partial charge in [-0.3, -0.25) is 4.79 Å². The van der Waals surface area contributed by atoms with Crippen LogP contribution in [0.3, 0.4) is 0 Å². The molecule has 5 nitrogen and oxygen atoms in total. The van der Waals surface area contributed by atoms with E-state index in [1.807, 2.05) is 35.8 Å². The molecule has 1 aromatic heterocycles. The Bertz CT molecular complexity index is 591. The highest BCUT2D eigenvalue weighted by molar-refractivity contribution is 5.81. The first-order valence-corrected chi connectivity index (χ1v) is 7.03. The van der Waals surface area contributed by atoms with Crippen molar-refractivity contribution in [3.63, 3.8) is 0 Å². The van der Waals surface area contributed by atoms with Crippen LogP contribution >= 0.6 is 0 Å². The fraction of sp³-hybridized carbons (Fsp3) is 0.467. The highest BCUT2D eigenvalue weighted by Crippen LogP contribution is 2.14. The first-order valence-electron chi connectivity index (χ1n) is 7.03. The van der Waals surface area contributed by atoms with Crippen molar-refractivity contribution in [2.24, 2.45) is 0 Å². The van der Waals surface area contributed by atoms with Crippen LogP contribution in [-0.4, -0.2) is 34.6 Å². The van der Waals surface area contributed by atoms with E-state index < -0.39 is 0 Å². The van der Waals surface area contributed by atoms with Gasteiger partial charge in [-0.1, -0.05) is 19.1 Å². The molecule has 2 aromatic rings. The summed E-state index contributed by atoms with van der Waals surface area (Å²) in [5.41, 5.74) is 1.93. The third-order valence-electron chi connectivity index (χ3n) is 3.31. The number of para-hydroxylation sites is 2. The highest BCUT2D eigenvalue weighted by atomic mass is 16.1. The monoisotopic (exact) mass is 274 g/mol. The van der Waals surface area contributed by atoms with E-state index in [0.29, 0.717) is 13.1 Å². The molecule has 2 rings (SSSR count). The van der Waals surface area contributed by atoms with E-state index in [-0.39, 0.29) is 11.9 Å². The average Bonchev–Trinajstić information content (AvgIpc) is 2.73. The van der Waals surface area contributed by atoms with E-state index in [0.717, 1.165) is 23.4 Å². The van der Waals surface area contributed by atoms with Crippen LogP contribution in [0.5, 0.6) is 0 Å². The molecule has 0 bridgehead atoms. The summed E-state index contributed by atoms with van der Waals surface area (Å²) < 4.78 is 1.95. The zero-order chi connectivity index (χ0) is 14.5. The second-order valence-corrected chi connectivity index (χ2v) is 5.00. The van der Waals surface area contributed by atoms with Gasteiger partial charge >= 0.3 is 0 Å². The SMILES string of the molecule is CCN[C@H](C)CNC(=O)Cn1c(C)nc2ccccc21. The predicted octanol–water partition coefficient (Wildman–Crippen LogP) is 1.46. The van der Waals surface area contributed by atoms with E-state index in [9.17, 15) is 4.79 Å². The number of nitrogens with one attached hydrogen (secondary N) is 2. The number of likely N-dealkylation sites (N-methyl/N-ethyl adjacent to an activating group) is 1. The molecule has 0 spiro atoms. The maximum atomic E-state index is 12.0. The molecule has 0 unspecified atom stereocenters. The minimum Gasteiger partial charge on any atom is -0.353 e. The Hall–Kier alpha value is -1.88. The van der Waals surface area contributed by atoms with Crippen molar-refractivity contribution in [3.05, 3.63) is 30.1 Å². The number of rotatable bonds is 6. The van der Waals surface area contributed by atoms with Crippen LogP contribution in [0.2, 0.25) is 0 Å². The van der Waals surface area contributed by atoms with Crippen molar-refractivity contribution >= 4 is 16.9 Å². The molecule has 0 aliphatic carbocycles. The number of benzene rings is 1. The lowest BCUT2D eigenvalue weighted by Gasteiger charge is -2.14. The molecule has 1 heterocycles. The summed E-state index contributed by atoms with van der Waals surface area (Å²) in [6.07, 6.45) is 0. The van der Waals surface area contributed by atoms with Crippen molar-refractivity contribution in [2.45, 2.75) is 33.4 Å². The van der Waals surface area contributed by atoms with Crippen LogP contribution in [0.4, 0.5) is 0 Å². The van der Waals surface area contributed by atoms with Gasteiger partial charge in [-0.25, -0.2) is 4.98 Å². The van der Waals surface area contributed by atoms with Crippen LogP contribution in [0.15, 0.2) is 24.3 Å². The number of amides is 1. The normalized spacial score (nSPS) is 12.6. The highest BCUT2D eigenvalue weighted by Gasteiger charge is 2.11. The summed E-state index contributed by atoms with van der Waals surface area (Å²) >= 11 is 0. The molecule has 20 heavy (non-hydrogen) atoms. The Labute approximate surface area is 119 Å². The molecule has 0 aliphatic heterocycles. The molecule has 5 heteroatoms. The number of fused-ring (bicyclic) bond motifs is 1. The van der Waals surface area contributed by atoms with Crippen LogP contribution in [-0.2, 0) is 11.3 Å². The number of nitrogens with zero attached hydrogens (tertiary/aromatic N) is 2. The smallest absolute Gasteiger partial charge is 0.240 e. The molecule has 1 aromatic carbocycles. The number of carbonyl (C=O) groups is 1. The maximum absolute atomic E-state index is 12.0. The number of aromatic nitrogens is 2. The number of imidazole rings is 1. The Balaban J connectivity index is 2.01. The summed E-state index contributed by atoms with van der Waals surface area (Å²) in [7, 11) is 0. The fourth-order valence-corrected chi connectivity index (χ4v) is 2.28. The van der Waals surface area contributed by atoms with Crippen LogP contribution in [0, 0.1) is 6.92 Å². The van der Waals surface area contributed by atoms with Gasteiger partial charge in [0.1, 0.15) is 12.4 Å². The topological polar surface area (TPSA) is 58.9 Å². The lowest BCUT2D eigenvalue weighted by atomic mass is 10.3. The number of hydrogen-bond acceptors (Lipinski definition) is 3. The molecule has 0 saturated heterocycles. The van der Waals surface area contributed by atoms with Crippen molar-refractivity contribution in [3.8, 4) is 0 Å². The molecule has 0 radical (unpaired) electrons. The van der Waals surface area contributed by atoms with Crippen molar-refractivity contribution in [2.75, 3.05) is 13.1 Å². The van der Waals surface area contributed by atoms with Gasteiger partial charge in [-0.15, -0.1) is 0 Å². The molecular weight excluding hydrogens is 252 g/mol. The van der Waals surface area contributed by atoms with Gasteiger partial charge in [0.2, 0.25) is 5.91 Å². The van der Waals surface area contributed by atoms with Gasteiger partial charge < -0.3 is 15.2 Å². The summed E-state index contributed by atoms with van der Waals surface area (Å²) in [5.74, 6) is 0.877. The Morgan fingerprint density at radius 2 is 2.15 bits per heavy atom. The molecule has 2 N–H and O–H groups in total. The van der Waals surface area contributed by atoms with E-state index in [4.69, 9.17) is 0 Å². The van der Waals surface area contributed by atoms with Gasteiger partial charge in [0.15, 0.2) is 0 Å². The number of hydrogen-bond donors (Lipinski definition) is 2. The number of aryl methyl sites for hydroxylation is 1. The van der Waals surface area contributed by atoms with Gasteiger partial charge in [0, 0.05) is 12.6 Å². The van der Waals surface area contributed by atoms with E-state index in [2.05, 4.69) is 29.5 Å². The van der Waals surface area contributed by atoms with Crippen molar-refractivity contribution in [1.29, 1.82) is 0 Å². The van der Waals surface area contributed by atoms with Crippen LogP contribution in [0.1, 0.15) is 19.7 Å². The average molecular weight is 274 g/mol. The summed E-state index contributed by atoms with van der Waals surface area (Å²) in [6.45, 7) is 7.89. The number of carbonyl (C=O) groups excluding carboxylic acids is 1. The summed E-state index contributed by atoms with van der Waals surface area (Å²) in [4.78, 5) is 16.5. The van der Waals surface area contributed by atoms with Crippen molar-refractivity contribution < 1.29 is 4.79 Å². The molecule has 1 atom stereocenters. The molecular formula is C15H22N4O. The molecule has 0 saturated carbocycles. The lowest BCUT2D eigenvalue weighted by Crippen LogP contribution is -2.40. The van der Waals surface area contributed by atoms with Crippen LogP contribution < -0.4 is 10.6 Å². The minimum atomic E-state index is 0.0148. The van der Waals surface area contributed by atoms with Gasteiger partial charge in [-0.05, 0) is 32.5 Å². The van der Waals surface area contributed by atoms with E-state index in [1.165, 1.54) is 0 Å².